The van der Waals surface area contributed by atoms with E-state index in [2.05, 4.69) is 20.2 Å². The summed E-state index contributed by atoms with van der Waals surface area (Å²) in [4.78, 5) is 36.5. The normalized spacial score (nSPS) is 15.9. The maximum atomic E-state index is 14.0. The number of carbonyl (C=O) groups is 1. The van der Waals surface area contributed by atoms with E-state index < -0.39 is 12.7 Å². The van der Waals surface area contributed by atoms with Crippen molar-refractivity contribution in [2.24, 2.45) is 0 Å². The van der Waals surface area contributed by atoms with Gasteiger partial charge in [0.15, 0.2) is 0 Å². The molecule has 234 valence electrons. The second-order valence-electron chi connectivity index (χ2n) is 10.9. The summed E-state index contributed by atoms with van der Waals surface area (Å²) in [5, 5.41) is 3.20. The van der Waals surface area contributed by atoms with Crippen molar-refractivity contribution in [1.29, 1.82) is 0 Å². The highest BCUT2D eigenvalue weighted by Crippen LogP contribution is 2.34. The van der Waals surface area contributed by atoms with Crippen LogP contribution in [0, 0.1) is 13.8 Å². The number of alkyl halides is 3. The summed E-state index contributed by atoms with van der Waals surface area (Å²) >= 11 is 6.20. The van der Waals surface area contributed by atoms with E-state index in [1.54, 1.807) is 31.3 Å². The number of rotatable bonds is 9. The minimum atomic E-state index is -3.06. The average Bonchev–Trinajstić information content (AvgIpc) is 3.42. The summed E-state index contributed by atoms with van der Waals surface area (Å²) < 4.78 is 47.4. The number of aromatic nitrogens is 3. The fraction of sp³-hybridized carbons (Fsp3) is 0.387. The molecule has 9 nitrogen and oxygen atoms in total. The maximum absolute atomic E-state index is 14.0. The number of fused-ring (bicyclic) bond motifs is 1. The van der Waals surface area contributed by atoms with Crippen molar-refractivity contribution in [2.75, 3.05) is 33.3 Å². The lowest BCUT2D eigenvalue weighted by atomic mass is 9.99. The van der Waals surface area contributed by atoms with Gasteiger partial charge in [-0.25, -0.2) is 18.2 Å². The first-order valence-electron chi connectivity index (χ1n) is 14.2. The van der Waals surface area contributed by atoms with Crippen LogP contribution < -0.4 is 15.6 Å². The monoisotopic (exact) mass is 630 g/mol. The molecule has 1 fully saturated rings. The molecule has 5 heterocycles. The van der Waals surface area contributed by atoms with Crippen LogP contribution in [0.25, 0.3) is 16.6 Å². The molecular weight excluding hydrogens is 597 g/mol. The lowest BCUT2D eigenvalue weighted by Crippen LogP contribution is -2.51. The molecule has 4 aromatic heterocycles. The Hall–Kier alpha value is -3.87. The number of ether oxygens (including phenoxy) is 1. The van der Waals surface area contributed by atoms with Gasteiger partial charge in [-0.3, -0.25) is 19.4 Å². The Morgan fingerprint density at radius 3 is 2.48 bits per heavy atom. The Bertz CT molecular complexity index is 1730. The molecule has 2 unspecified atom stereocenters. The quantitative estimate of drug-likeness (QED) is 0.197. The molecular formula is C31H34ClF3N6O3. The minimum Gasteiger partial charge on any atom is -0.496 e. The Morgan fingerprint density at radius 1 is 1.11 bits per heavy atom. The van der Waals surface area contributed by atoms with Gasteiger partial charge in [-0.05, 0) is 62.2 Å². The first-order chi connectivity index (χ1) is 21.0. The summed E-state index contributed by atoms with van der Waals surface area (Å²) in [6, 6.07) is 8.75. The fourth-order valence-electron chi connectivity index (χ4n) is 5.93. The number of piperazine rings is 1. The van der Waals surface area contributed by atoms with Gasteiger partial charge in [0.2, 0.25) is 6.30 Å². The molecule has 1 aliphatic heterocycles. The van der Waals surface area contributed by atoms with Gasteiger partial charge in [0.1, 0.15) is 10.9 Å². The molecule has 0 radical (unpaired) electrons. The van der Waals surface area contributed by atoms with Crippen molar-refractivity contribution in [3.8, 4) is 16.9 Å². The van der Waals surface area contributed by atoms with E-state index >= 15 is 0 Å². The topological polar surface area (TPSA) is 95.0 Å². The summed E-state index contributed by atoms with van der Waals surface area (Å²) in [5.41, 5.74) is 4.90. The molecule has 13 heteroatoms. The predicted octanol–water partition coefficient (Wildman–Crippen LogP) is 5.14. The molecule has 1 amide bonds. The Labute approximate surface area is 257 Å². The summed E-state index contributed by atoms with van der Waals surface area (Å²) in [6.45, 7) is 6.57. The smallest absolute Gasteiger partial charge is 0.282 e. The zero-order valence-corrected chi connectivity index (χ0v) is 25.6. The molecule has 2 atom stereocenters. The predicted molar refractivity (Wildman–Crippen MR) is 162 cm³/mol. The second kappa shape index (κ2) is 13.0. The summed E-state index contributed by atoms with van der Waals surface area (Å²) in [7, 11) is 1.46. The minimum absolute atomic E-state index is 0.0581. The van der Waals surface area contributed by atoms with Gasteiger partial charge in [0.05, 0.1) is 24.7 Å². The first-order valence-corrected chi connectivity index (χ1v) is 14.6. The van der Waals surface area contributed by atoms with Crippen LogP contribution in [-0.4, -0.2) is 76.1 Å². The number of halogens is 4. The Balaban J connectivity index is 1.54. The zero-order valence-electron chi connectivity index (χ0n) is 24.8. The van der Waals surface area contributed by atoms with Crippen molar-refractivity contribution < 1.29 is 22.7 Å². The number of nitrogens with zero attached hydrogens (tertiary/aromatic N) is 4. The fourth-order valence-corrected chi connectivity index (χ4v) is 6.11. The van der Waals surface area contributed by atoms with Gasteiger partial charge in [-0.15, -0.1) is 0 Å². The van der Waals surface area contributed by atoms with Crippen LogP contribution in [0.3, 0.4) is 0 Å². The van der Waals surface area contributed by atoms with E-state index in [9.17, 15) is 22.8 Å². The molecule has 0 aliphatic carbocycles. The third-order valence-corrected chi connectivity index (χ3v) is 8.47. The van der Waals surface area contributed by atoms with Crippen molar-refractivity contribution in [3.05, 3.63) is 86.3 Å². The van der Waals surface area contributed by atoms with Crippen LogP contribution in [0.2, 0.25) is 5.15 Å². The number of hydrogen-bond donors (Lipinski definition) is 2. The Kier molecular flexibility index (Phi) is 9.33. The molecule has 4 aromatic rings. The van der Waals surface area contributed by atoms with Crippen LogP contribution in [0.5, 0.6) is 5.75 Å². The van der Waals surface area contributed by atoms with Crippen molar-refractivity contribution in [2.45, 2.75) is 46.1 Å². The van der Waals surface area contributed by atoms with Crippen molar-refractivity contribution in [1.82, 2.24) is 29.5 Å². The molecule has 0 spiro atoms. The third kappa shape index (κ3) is 6.19. The molecule has 0 saturated carbocycles. The summed E-state index contributed by atoms with van der Waals surface area (Å²) in [5.74, 6) is -0.0135. The SMILES string of the molecule is COc1cc(C)[nH]c(=O)c1CNC(=O)c1cc2c(-c3ccnc(Cl)c3)ccn2c(C(C)N2CCN(C(F)C(F)F)CC2)c1C. The Morgan fingerprint density at radius 2 is 1.82 bits per heavy atom. The van der Waals surface area contributed by atoms with E-state index in [-0.39, 0.29) is 37.1 Å². The number of aromatic amines is 1. The molecule has 2 N–H and O–H groups in total. The van der Waals surface area contributed by atoms with Gasteiger partial charge < -0.3 is 19.4 Å². The molecule has 0 bridgehead atoms. The van der Waals surface area contributed by atoms with E-state index in [0.29, 0.717) is 46.4 Å². The van der Waals surface area contributed by atoms with E-state index in [1.807, 2.05) is 36.6 Å². The highest BCUT2D eigenvalue weighted by Gasteiger charge is 2.33. The number of nitrogens with one attached hydrogen (secondary N) is 2. The standard InChI is InChI=1S/C31H34ClF3N6O3/c1-17-13-25(44-4)23(31(43)38-17)16-37-30(42)22-15-24-21(20-5-7-36-26(32)14-20)6-8-41(24)27(18(22)2)19(3)39-9-11-40(12-10-39)29(35)28(33)34/h5-8,13-15,19,28-29H,9-12,16H2,1-4H3,(H,37,42)(H,38,43). The van der Waals surface area contributed by atoms with Crippen molar-refractivity contribution in [3.63, 3.8) is 0 Å². The van der Waals surface area contributed by atoms with Crippen LogP contribution in [-0.2, 0) is 6.54 Å². The molecule has 44 heavy (non-hydrogen) atoms. The number of hydrogen-bond acceptors (Lipinski definition) is 6. The first kappa shape index (κ1) is 31.6. The van der Waals surface area contributed by atoms with Gasteiger partial charge >= 0.3 is 0 Å². The number of H-pyrrole nitrogens is 1. The van der Waals surface area contributed by atoms with E-state index in [4.69, 9.17) is 16.3 Å². The highest BCUT2D eigenvalue weighted by atomic mass is 35.5. The van der Waals surface area contributed by atoms with Crippen molar-refractivity contribution >= 4 is 23.0 Å². The number of methoxy groups -OCH3 is 1. The van der Waals surface area contributed by atoms with Crippen LogP contribution in [0.4, 0.5) is 13.2 Å². The van der Waals surface area contributed by atoms with Gasteiger partial charge in [0.25, 0.3) is 17.9 Å². The second-order valence-corrected chi connectivity index (χ2v) is 11.3. The largest absolute Gasteiger partial charge is 0.496 e. The lowest BCUT2D eigenvalue weighted by Gasteiger charge is -2.39. The molecule has 5 rings (SSSR count). The average molecular weight is 631 g/mol. The molecule has 0 aromatic carbocycles. The van der Waals surface area contributed by atoms with Gasteiger partial charge in [0, 0.05) is 67.1 Å². The third-order valence-electron chi connectivity index (χ3n) is 8.26. The number of carbonyl (C=O) groups excluding carboxylic acids is 1. The van der Waals surface area contributed by atoms with Gasteiger partial charge in [-0.1, -0.05) is 11.6 Å². The lowest BCUT2D eigenvalue weighted by molar-refractivity contribution is -0.0688. The zero-order chi connectivity index (χ0) is 31.7. The summed E-state index contributed by atoms with van der Waals surface area (Å²) in [6.07, 6.45) is -1.84. The van der Waals surface area contributed by atoms with Crippen LogP contribution in [0.15, 0.2) is 47.5 Å². The molecule has 1 aliphatic rings. The number of aryl methyl sites for hydroxylation is 1. The highest BCUT2D eigenvalue weighted by molar-refractivity contribution is 6.29. The van der Waals surface area contributed by atoms with Gasteiger partial charge in [-0.2, -0.15) is 0 Å². The van der Waals surface area contributed by atoms with E-state index in [0.717, 1.165) is 27.2 Å². The number of amides is 1. The maximum Gasteiger partial charge on any atom is 0.282 e. The van der Waals surface area contributed by atoms with Crippen LogP contribution in [0.1, 0.15) is 45.8 Å². The molecule has 1 saturated heterocycles. The number of pyridine rings is 3. The van der Waals surface area contributed by atoms with E-state index in [1.165, 1.54) is 7.11 Å². The van der Waals surface area contributed by atoms with Crippen LogP contribution >= 0.6 is 11.6 Å².